The first kappa shape index (κ1) is 13.8. The molecule has 0 spiro atoms. The predicted molar refractivity (Wildman–Crippen MR) is 87.3 cm³/mol. The SMILES string of the molecule is CC(C)NCc1cccn1Cc1cccc2cccnc12. The second kappa shape index (κ2) is 6.10. The molecule has 0 bridgehead atoms. The summed E-state index contributed by atoms with van der Waals surface area (Å²) in [6, 6.07) is 15.3. The lowest BCUT2D eigenvalue weighted by Gasteiger charge is -2.13. The highest BCUT2D eigenvalue weighted by Crippen LogP contribution is 2.18. The molecule has 3 heteroatoms. The van der Waals surface area contributed by atoms with Crippen molar-refractivity contribution >= 4 is 10.9 Å². The van der Waals surface area contributed by atoms with Gasteiger partial charge in [-0.3, -0.25) is 4.98 Å². The van der Waals surface area contributed by atoms with Gasteiger partial charge in [-0.1, -0.05) is 38.1 Å². The zero-order valence-corrected chi connectivity index (χ0v) is 12.6. The second-order valence-corrected chi connectivity index (χ2v) is 5.66. The van der Waals surface area contributed by atoms with E-state index in [1.165, 1.54) is 16.6 Å². The lowest BCUT2D eigenvalue weighted by atomic mass is 10.1. The van der Waals surface area contributed by atoms with Crippen molar-refractivity contribution in [2.75, 3.05) is 0 Å². The number of fused-ring (bicyclic) bond motifs is 1. The molecule has 108 valence electrons. The van der Waals surface area contributed by atoms with Crippen LogP contribution in [0.1, 0.15) is 25.1 Å². The highest BCUT2D eigenvalue weighted by atomic mass is 15.0. The average Bonchev–Trinajstić information content (AvgIpc) is 2.93. The molecule has 1 aromatic carbocycles. The van der Waals surface area contributed by atoms with E-state index in [4.69, 9.17) is 0 Å². The van der Waals surface area contributed by atoms with Gasteiger partial charge in [0.2, 0.25) is 0 Å². The molecule has 3 aromatic rings. The molecular formula is C18H21N3. The zero-order chi connectivity index (χ0) is 14.7. The summed E-state index contributed by atoms with van der Waals surface area (Å²) in [4.78, 5) is 4.54. The van der Waals surface area contributed by atoms with Crippen LogP contribution in [0, 0.1) is 0 Å². The first-order chi connectivity index (χ1) is 10.2. The Balaban J connectivity index is 1.87. The zero-order valence-electron chi connectivity index (χ0n) is 12.6. The van der Waals surface area contributed by atoms with Gasteiger partial charge in [0.15, 0.2) is 0 Å². The van der Waals surface area contributed by atoms with Gasteiger partial charge in [-0.2, -0.15) is 0 Å². The van der Waals surface area contributed by atoms with Crippen LogP contribution in [0.2, 0.25) is 0 Å². The van der Waals surface area contributed by atoms with Crippen LogP contribution >= 0.6 is 0 Å². The van der Waals surface area contributed by atoms with E-state index in [1.807, 2.05) is 12.3 Å². The summed E-state index contributed by atoms with van der Waals surface area (Å²) in [5, 5.41) is 4.67. The van der Waals surface area contributed by atoms with Crippen molar-refractivity contribution in [2.45, 2.75) is 33.0 Å². The minimum atomic E-state index is 0.493. The Hall–Kier alpha value is -2.13. The molecule has 21 heavy (non-hydrogen) atoms. The Labute approximate surface area is 125 Å². The van der Waals surface area contributed by atoms with Crippen molar-refractivity contribution in [3.05, 3.63) is 66.1 Å². The molecule has 3 nitrogen and oxygen atoms in total. The summed E-state index contributed by atoms with van der Waals surface area (Å²) >= 11 is 0. The molecule has 0 saturated heterocycles. The third kappa shape index (κ3) is 3.14. The average molecular weight is 279 g/mol. The standard InChI is InChI=1S/C18H21N3/c1-14(2)20-12-17-9-5-11-21(17)13-16-7-3-6-15-8-4-10-19-18(15)16/h3-11,14,20H,12-13H2,1-2H3. The lowest BCUT2D eigenvalue weighted by Crippen LogP contribution is -2.23. The number of hydrogen-bond donors (Lipinski definition) is 1. The first-order valence-electron chi connectivity index (χ1n) is 7.44. The number of rotatable bonds is 5. The number of benzene rings is 1. The summed E-state index contributed by atoms with van der Waals surface area (Å²) < 4.78 is 2.29. The van der Waals surface area contributed by atoms with Crippen LogP contribution in [0.5, 0.6) is 0 Å². The second-order valence-electron chi connectivity index (χ2n) is 5.66. The van der Waals surface area contributed by atoms with Crippen molar-refractivity contribution in [2.24, 2.45) is 0 Å². The van der Waals surface area contributed by atoms with Crippen molar-refractivity contribution < 1.29 is 0 Å². The summed E-state index contributed by atoms with van der Waals surface area (Å²) in [6.07, 6.45) is 4.00. The van der Waals surface area contributed by atoms with Gasteiger partial charge >= 0.3 is 0 Å². The topological polar surface area (TPSA) is 29.9 Å². The number of nitrogens with zero attached hydrogens (tertiary/aromatic N) is 2. The summed E-state index contributed by atoms with van der Waals surface area (Å²) in [6.45, 7) is 6.09. The van der Waals surface area contributed by atoms with Gasteiger partial charge in [-0.25, -0.2) is 0 Å². The maximum atomic E-state index is 4.54. The molecule has 0 aliphatic heterocycles. The van der Waals surface area contributed by atoms with Crippen LogP contribution in [0.25, 0.3) is 10.9 Å². The van der Waals surface area contributed by atoms with Crippen LogP contribution in [0.4, 0.5) is 0 Å². The molecule has 0 fully saturated rings. The lowest BCUT2D eigenvalue weighted by molar-refractivity contribution is 0.565. The monoisotopic (exact) mass is 279 g/mol. The minimum Gasteiger partial charge on any atom is -0.346 e. The Morgan fingerprint density at radius 3 is 2.81 bits per heavy atom. The van der Waals surface area contributed by atoms with E-state index in [0.29, 0.717) is 6.04 Å². The Morgan fingerprint density at radius 2 is 1.95 bits per heavy atom. The Bertz CT molecular complexity index is 723. The number of para-hydroxylation sites is 1. The largest absolute Gasteiger partial charge is 0.346 e. The van der Waals surface area contributed by atoms with Crippen LogP contribution in [-0.4, -0.2) is 15.6 Å². The molecule has 0 unspecified atom stereocenters. The molecule has 3 rings (SSSR count). The fraction of sp³-hybridized carbons (Fsp3) is 0.278. The number of pyridine rings is 1. The molecular weight excluding hydrogens is 258 g/mol. The predicted octanol–water partition coefficient (Wildman–Crippen LogP) is 3.58. The van der Waals surface area contributed by atoms with E-state index < -0.39 is 0 Å². The summed E-state index contributed by atoms with van der Waals surface area (Å²) in [5.41, 5.74) is 3.66. The fourth-order valence-electron chi connectivity index (χ4n) is 2.55. The van der Waals surface area contributed by atoms with Crippen molar-refractivity contribution in [1.29, 1.82) is 0 Å². The fourth-order valence-corrected chi connectivity index (χ4v) is 2.55. The number of nitrogens with one attached hydrogen (secondary N) is 1. The van der Waals surface area contributed by atoms with E-state index in [0.717, 1.165) is 18.6 Å². The molecule has 0 aliphatic rings. The molecule has 2 heterocycles. The van der Waals surface area contributed by atoms with Crippen LogP contribution in [0.3, 0.4) is 0 Å². The molecule has 2 aromatic heterocycles. The Kier molecular flexibility index (Phi) is 4.02. The van der Waals surface area contributed by atoms with Gasteiger partial charge in [0.05, 0.1) is 5.52 Å². The van der Waals surface area contributed by atoms with Gasteiger partial charge in [0.1, 0.15) is 0 Å². The smallest absolute Gasteiger partial charge is 0.0751 e. The number of aromatic nitrogens is 2. The number of hydrogen-bond acceptors (Lipinski definition) is 2. The van der Waals surface area contributed by atoms with E-state index >= 15 is 0 Å². The van der Waals surface area contributed by atoms with E-state index in [-0.39, 0.29) is 0 Å². The summed E-state index contributed by atoms with van der Waals surface area (Å²) in [7, 11) is 0. The molecule has 0 atom stereocenters. The quantitative estimate of drug-likeness (QED) is 0.773. The third-order valence-electron chi connectivity index (χ3n) is 3.67. The van der Waals surface area contributed by atoms with Gasteiger partial charge in [0.25, 0.3) is 0 Å². The van der Waals surface area contributed by atoms with Gasteiger partial charge < -0.3 is 9.88 Å². The highest BCUT2D eigenvalue weighted by Gasteiger charge is 2.06. The molecule has 1 N–H and O–H groups in total. The summed E-state index contributed by atoms with van der Waals surface area (Å²) in [5.74, 6) is 0. The van der Waals surface area contributed by atoms with Crippen LogP contribution < -0.4 is 5.32 Å². The van der Waals surface area contributed by atoms with Gasteiger partial charge in [0, 0.05) is 42.6 Å². The van der Waals surface area contributed by atoms with E-state index in [9.17, 15) is 0 Å². The Morgan fingerprint density at radius 1 is 1.10 bits per heavy atom. The molecule has 0 saturated carbocycles. The highest BCUT2D eigenvalue weighted by molar-refractivity contribution is 5.81. The molecule has 0 radical (unpaired) electrons. The maximum absolute atomic E-state index is 4.54. The van der Waals surface area contributed by atoms with Crippen LogP contribution in [-0.2, 0) is 13.1 Å². The molecule has 0 amide bonds. The molecule has 0 aliphatic carbocycles. The van der Waals surface area contributed by atoms with Crippen molar-refractivity contribution in [3.8, 4) is 0 Å². The maximum Gasteiger partial charge on any atom is 0.0751 e. The third-order valence-corrected chi connectivity index (χ3v) is 3.67. The van der Waals surface area contributed by atoms with E-state index in [2.05, 4.69) is 71.3 Å². The van der Waals surface area contributed by atoms with Crippen molar-refractivity contribution in [3.63, 3.8) is 0 Å². The first-order valence-corrected chi connectivity index (χ1v) is 7.44. The van der Waals surface area contributed by atoms with Gasteiger partial charge in [-0.15, -0.1) is 0 Å². The normalized spacial score (nSPS) is 11.4. The van der Waals surface area contributed by atoms with Gasteiger partial charge in [-0.05, 0) is 23.8 Å². The van der Waals surface area contributed by atoms with Crippen LogP contribution in [0.15, 0.2) is 54.9 Å². The van der Waals surface area contributed by atoms with E-state index in [1.54, 1.807) is 0 Å². The minimum absolute atomic E-state index is 0.493. The van der Waals surface area contributed by atoms with Crippen molar-refractivity contribution in [1.82, 2.24) is 14.9 Å².